The summed E-state index contributed by atoms with van der Waals surface area (Å²) in [6.45, 7) is 5.54. The Hall–Kier alpha value is -4.28. The predicted octanol–water partition coefficient (Wildman–Crippen LogP) is 4.20. The number of esters is 1. The minimum atomic E-state index is -0.931. The van der Waals surface area contributed by atoms with E-state index in [4.69, 9.17) is 9.47 Å². The average molecular weight is 539 g/mol. The lowest BCUT2D eigenvalue weighted by Crippen LogP contribution is -2.48. The van der Waals surface area contributed by atoms with Crippen molar-refractivity contribution in [1.29, 1.82) is 0 Å². The minimum Gasteiger partial charge on any atom is -0.497 e. The van der Waals surface area contributed by atoms with Crippen molar-refractivity contribution in [3.8, 4) is 5.75 Å². The number of hydrogen-bond acceptors (Lipinski definition) is 7. The molecule has 0 fully saturated rings. The Labute approximate surface area is 227 Å². The first-order chi connectivity index (χ1) is 18.5. The van der Waals surface area contributed by atoms with Crippen LogP contribution in [0.3, 0.4) is 0 Å². The van der Waals surface area contributed by atoms with E-state index >= 15 is 0 Å². The summed E-state index contributed by atoms with van der Waals surface area (Å²) in [6, 6.07) is 11.8. The predicted molar refractivity (Wildman–Crippen MR) is 145 cm³/mol. The van der Waals surface area contributed by atoms with Crippen molar-refractivity contribution >= 4 is 29.3 Å². The van der Waals surface area contributed by atoms with E-state index in [0.29, 0.717) is 24.3 Å². The molecule has 1 heterocycles. The summed E-state index contributed by atoms with van der Waals surface area (Å²) in [6.07, 6.45) is 0.198. The lowest BCUT2D eigenvalue weighted by Gasteiger charge is -2.39. The number of urea groups is 1. The second-order valence-electron chi connectivity index (χ2n) is 9.69. The fourth-order valence-corrected chi connectivity index (χ4v) is 4.54. The summed E-state index contributed by atoms with van der Waals surface area (Å²) in [4.78, 5) is 57.0. The molecule has 3 amide bonds. The van der Waals surface area contributed by atoms with Gasteiger partial charge >= 0.3 is 12.0 Å². The summed E-state index contributed by atoms with van der Waals surface area (Å²) in [5.41, 5.74) is 1.38. The molecule has 3 rings (SSSR count). The van der Waals surface area contributed by atoms with E-state index in [1.54, 1.807) is 58.0 Å². The van der Waals surface area contributed by atoms with E-state index in [9.17, 15) is 24.5 Å². The van der Waals surface area contributed by atoms with Crippen LogP contribution < -0.4 is 4.74 Å². The Morgan fingerprint density at radius 3 is 2.56 bits per heavy atom. The number of ether oxygens (including phenoxy) is 2. The highest BCUT2D eigenvalue weighted by molar-refractivity contribution is 6.08. The zero-order valence-corrected chi connectivity index (χ0v) is 22.8. The molecule has 2 atom stereocenters. The second-order valence-corrected chi connectivity index (χ2v) is 9.69. The van der Waals surface area contributed by atoms with Gasteiger partial charge in [-0.15, -0.1) is 0 Å². The van der Waals surface area contributed by atoms with Crippen molar-refractivity contribution < 1.29 is 28.8 Å². The first kappa shape index (κ1) is 29.3. The van der Waals surface area contributed by atoms with Crippen molar-refractivity contribution in [2.45, 2.75) is 45.8 Å². The number of amides is 3. The van der Waals surface area contributed by atoms with Crippen LogP contribution in [-0.2, 0) is 20.7 Å². The van der Waals surface area contributed by atoms with Crippen LogP contribution >= 0.6 is 0 Å². The third-order valence-corrected chi connectivity index (χ3v) is 6.46. The fraction of sp³-hybridized carbons (Fsp3) is 0.429. The molecular formula is C28H34N4O7. The molecule has 2 aromatic carbocycles. The molecule has 0 N–H and O–H groups in total. The monoisotopic (exact) mass is 538 g/mol. The van der Waals surface area contributed by atoms with E-state index in [0.717, 1.165) is 5.56 Å². The number of nitro benzene ring substituents is 1. The Bertz CT molecular complexity index is 1260. The van der Waals surface area contributed by atoms with E-state index in [1.807, 2.05) is 12.1 Å². The van der Waals surface area contributed by atoms with Crippen LogP contribution in [0.5, 0.6) is 5.75 Å². The number of non-ortho nitro benzene ring substituents is 1. The number of hydrogen-bond donors (Lipinski definition) is 0. The molecule has 0 bridgehead atoms. The SMILES string of the molecule is COc1cccc(CC(=O)N(C)CCCN2C(=O)N=C(C)C(C(=O)OC(C)C)C2c2cccc([N+](=O)[O-])c2)c1. The van der Waals surface area contributed by atoms with Gasteiger partial charge in [-0.1, -0.05) is 24.3 Å². The highest BCUT2D eigenvalue weighted by Gasteiger charge is 2.43. The van der Waals surface area contributed by atoms with Gasteiger partial charge in [-0.3, -0.25) is 19.7 Å². The molecular weight excluding hydrogens is 504 g/mol. The number of nitro groups is 1. The van der Waals surface area contributed by atoms with E-state index in [1.165, 1.54) is 23.1 Å². The minimum absolute atomic E-state index is 0.101. The number of carbonyl (C=O) groups is 3. The Balaban J connectivity index is 1.80. The largest absolute Gasteiger partial charge is 0.497 e. The highest BCUT2D eigenvalue weighted by atomic mass is 16.6. The Kier molecular flexibility index (Phi) is 9.75. The lowest BCUT2D eigenvalue weighted by atomic mass is 9.86. The van der Waals surface area contributed by atoms with Crippen LogP contribution in [-0.4, -0.2) is 71.7 Å². The topological polar surface area (TPSA) is 132 Å². The maximum Gasteiger partial charge on any atom is 0.344 e. The van der Waals surface area contributed by atoms with Gasteiger partial charge < -0.3 is 19.3 Å². The summed E-state index contributed by atoms with van der Waals surface area (Å²) < 4.78 is 10.7. The van der Waals surface area contributed by atoms with Crippen LogP contribution in [0, 0.1) is 16.0 Å². The summed E-state index contributed by atoms with van der Waals surface area (Å²) >= 11 is 0. The highest BCUT2D eigenvalue weighted by Crippen LogP contribution is 2.36. The van der Waals surface area contributed by atoms with Crippen molar-refractivity contribution in [2.75, 3.05) is 27.2 Å². The van der Waals surface area contributed by atoms with Crippen LogP contribution in [0.2, 0.25) is 0 Å². The molecule has 0 spiro atoms. The zero-order chi connectivity index (χ0) is 28.7. The third kappa shape index (κ3) is 7.40. The van der Waals surface area contributed by atoms with Crippen molar-refractivity contribution in [3.05, 3.63) is 69.8 Å². The van der Waals surface area contributed by atoms with Gasteiger partial charge in [0, 0.05) is 38.0 Å². The van der Waals surface area contributed by atoms with Gasteiger partial charge in [0.2, 0.25) is 5.91 Å². The molecule has 0 aromatic heterocycles. The lowest BCUT2D eigenvalue weighted by molar-refractivity contribution is -0.385. The van der Waals surface area contributed by atoms with Gasteiger partial charge in [0.25, 0.3) is 5.69 Å². The average Bonchev–Trinajstić information content (AvgIpc) is 2.89. The molecule has 11 heteroatoms. The molecule has 1 aliphatic heterocycles. The molecule has 208 valence electrons. The maximum atomic E-state index is 13.1. The molecule has 0 saturated carbocycles. The number of nitrogens with zero attached hydrogens (tertiary/aromatic N) is 4. The van der Waals surface area contributed by atoms with E-state index < -0.39 is 35.0 Å². The molecule has 39 heavy (non-hydrogen) atoms. The Morgan fingerprint density at radius 1 is 1.18 bits per heavy atom. The summed E-state index contributed by atoms with van der Waals surface area (Å²) in [5.74, 6) is -0.929. The van der Waals surface area contributed by atoms with Crippen molar-refractivity contribution in [1.82, 2.24) is 9.80 Å². The second kappa shape index (κ2) is 13.0. The Morgan fingerprint density at radius 2 is 1.90 bits per heavy atom. The molecule has 0 aliphatic carbocycles. The van der Waals surface area contributed by atoms with Crippen LogP contribution in [0.4, 0.5) is 10.5 Å². The normalized spacial score (nSPS) is 17.0. The number of aliphatic imine (C=N–C) groups is 1. The molecule has 0 saturated heterocycles. The first-order valence-corrected chi connectivity index (χ1v) is 12.7. The molecule has 0 radical (unpaired) electrons. The first-order valence-electron chi connectivity index (χ1n) is 12.7. The number of benzene rings is 2. The van der Waals surface area contributed by atoms with Gasteiger partial charge in [0.1, 0.15) is 11.7 Å². The molecule has 11 nitrogen and oxygen atoms in total. The summed E-state index contributed by atoms with van der Waals surface area (Å²) in [5, 5.41) is 11.4. The van der Waals surface area contributed by atoms with Crippen LogP contribution in [0.1, 0.15) is 44.4 Å². The fourth-order valence-electron chi connectivity index (χ4n) is 4.54. The number of likely N-dealkylation sites (N-methyl/N-ethyl adjacent to an activating group) is 1. The molecule has 1 aliphatic rings. The van der Waals surface area contributed by atoms with Gasteiger partial charge in [0.05, 0.1) is 30.6 Å². The van der Waals surface area contributed by atoms with E-state index in [2.05, 4.69) is 4.99 Å². The van der Waals surface area contributed by atoms with Crippen LogP contribution in [0.15, 0.2) is 53.5 Å². The number of methoxy groups -OCH3 is 1. The van der Waals surface area contributed by atoms with Gasteiger partial charge in [0.15, 0.2) is 0 Å². The quantitative estimate of drug-likeness (QED) is 0.238. The number of rotatable bonds is 11. The smallest absolute Gasteiger partial charge is 0.344 e. The van der Waals surface area contributed by atoms with Crippen molar-refractivity contribution in [2.24, 2.45) is 10.9 Å². The van der Waals surface area contributed by atoms with Gasteiger partial charge in [-0.2, -0.15) is 0 Å². The molecule has 2 unspecified atom stereocenters. The van der Waals surface area contributed by atoms with Gasteiger partial charge in [-0.05, 0) is 50.5 Å². The number of carbonyl (C=O) groups excluding carboxylic acids is 3. The standard InChI is InChI=1S/C28H34N4O7/c1-18(2)39-27(34)25-19(3)29-28(35)31(26(25)21-10-7-11-22(17-21)32(36)37)14-8-13-30(4)24(33)16-20-9-6-12-23(15-20)38-5/h6-7,9-12,15,17-18,25-26H,8,13-14,16H2,1-5H3. The zero-order valence-electron chi connectivity index (χ0n) is 22.8. The van der Waals surface area contributed by atoms with E-state index in [-0.39, 0.29) is 30.3 Å². The van der Waals surface area contributed by atoms with Crippen molar-refractivity contribution in [3.63, 3.8) is 0 Å². The maximum absolute atomic E-state index is 13.1. The van der Waals surface area contributed by atoms with Crippen LogP contribution in [0.25, 0.3) is 0 Å². The third-order valence-electron chi connectivity index (χ3n) is 6.46. The molecule has 2 aromatic rings. The van der Waals surface area contributed by atoms with Gasteiger partial charge in [-0.25, -0.2) is 9.79 Å². The summed E-state index contributed by atoms with van der Waals surface area (Å²) in [7, 11) is 3.25.